The molecule has 0 bridgehead atoms. The van der Waals surface area contributed by atoms with E-state index < -0.39 is 11.7 Å². The molecule has 242 valence electrons. The molecule has 7 nitrogen and oxygen atoms in total. The first-order valence-corrected chi connectivity index (χ1v) is 15.4. The summed E-state index contributed by atoms with van der Waals surface area (Å²) in [6.07, 6.45) is 3.55. The predicted molar refractivity (Wildman–Crippen MR) is 177 cm³/mol. The zero-order valence-electron chi connectivity index (χ0n) is 28.2. The first-order valence-electron chi connectivity index (χ1n) is 15.4. The third-order valence-electron chi connectivity index (χ3n) is 7.54. The number of methoxy groups -OCH3 is 1. The summed E-state index contributed by atoms with van der Waals surface area (Å²) in [5.74, 6) is 1.78. The van der Waals surface area contributed by atoms with Gasteiger partial charge in [-0.2, -0.15) is 0 Å². The van der Waals surface area contributed by atoms with Crippen molar-refractivity contribution in [3.05, 3.63) is 78.1 Å². The lowest BCUT2D eigenvalue weighted by molar-refractivity contribution is -0.0552. The van der Waals surface area contributed by atoms with Crippen molar-refractivity contribution in [3.63, 3.8) is 0 Å². The van der Waals surface area contributed by atoms with E-state index in [1.165, 1.54) is 19.2 Å². The van der Waals surface area contributed by atoms with Crippen LogP contribution in [0.25, 0.3) is 5.57 Å². The van der Waals surface area contributed by atoms with Gasteiger partial charge in [-0.05, 0) is 95.2 Å². The van der Waals surface area contributed by atoms with Crippen LogP contribution in [0, 0.1) is 11.2 Å². The molecule has 1 atom stereocenters. The molecule has 0 amide bonds. The highest BCUT2D eigenvalue weighted by atomic mass is 19.1. The normalized spacial score (nSPS) is 16.2. The Balaban J connectivity index is 1.82. The molecular weight excluding hydrogens is 557 g/mol. The van der Waals surface area contributed by atoms with Gasteiger partial charge < -0.3 is 29.2 Å². The highest BCUT2D eigenvalue weighted by Gasteiger charge is 2.32. The van der Waals surface area contributed by atoms with Crippen LogP contribution in [0.5, 0.6) is 11.5 Å². The number of piperidine rings is 1. The van der Waals surface area contributed by atoms with E-state index in [-0.39, 0.29) is 11.9 Å². The molecule has 1 aliphatic heterocycles. The third-order valence-corrected chi connectivity index (χ3v) is 7.54. The maximum atomic E-state index is 13.5. The van der Waals surface area contributed by atoms with Crippen molar-refractivity contribution in [2.75, 3.05) is 38.7 Å². The van der Waals surface area contributed by atoms with E-state index in [1.807, 2.05) is 52.9 Å². The number of anilines is 1. The van der Waals surface area contributed by atoms with Crippen LogP contribution in [0.4, 0.5) is 10.2 Å². The second-order valence-electron chi connectivity index (χ2n) is 13.4. The monoisotopic (exact) mass is 609 g/mol. The number of hydrogen-bond donors (Lipinski definition) is 1. The van der Waals surface area contributed by atoms with Gasteiger partial charge in [0.05, 0.1) is 25.4 Å². The van der Waals surface area contributed by atoms with Crippen LogP contribution in [0.15, 0.2) is 66.7 Å². The highest BCUT2D eigenvalue weighted by molar-refractivity contribution is 5.78. The van der Waals surface area contributed by atoms with E-state index in [1.54, 1.807) is 6.07 Å². The zero-order valence-corrected chi connectivity index (χ0v) is 28.2. The molecule has 8 heteroatoms. The molecule has 0 radical (unpaired) electrons. The molecule has 44 heavy (non-hydrogen) atoms. The minimum atomic E-state index is -0.437. The number of aromatic nitrogens is 1. The van der Waals surface area contributed by atoms with Crippen LogP contribution in [0.1, 0.15) is 73.8 Å². The summed E-state index contributed by atoms with van der Waals surface area (Å²) in [6.45, 7) is 28.5. The van der Waals surface area contributed by atoms with Crippen molar-refractivity contribution in [2.24, 2.45) is 5.41 Å². The highest BCUT2D eigenvalue weighted by Crippen LogP contribution is 2.38. The van der Waals surface area contributed by atoms with Crippen molar-refractivity contribution in [1.29, 1.82) is 0 Å². The zero-order chi connectivity index (χ0) is 32.7. The lowest BCUT2D eigenvalue weighted by Gasteiger charge is -2.41. The number of nitrogens with zero attached hydrogens (tertiary/aromatic N) is 2. The molecule has 1 aromatic heterocycles. The number of pyridine rings is 1. The SMILES string of the molecule is C=C(/C(=C(\C)[C@H](OC(C)(C)C)C(=C)OC(C)C)N1CCC(C)(C)CC1)c1ccc(NCCOc2ccc(F)cc2OC)nc1. The number of ether oxygens (including phenoxy) is 4. The average Bonchev–Trinajstić information content (AvgIpc) is 2.94. The summed E-state index contributed by atoms with van der Waals surface area (Å²) < 4.78 is 37.1. The number of rotatable bonds is 14. The maximum absolute atomic E-state index is 13.5. The van der Waals surface area contributed by atoms with Crippen molar-refractivity contribution >= 4 is 11.4 Å². The summed E-state index contributed by atoms with van der Waals surface area (Å²) in [5, 5.41) is 3.28. The Hall–Kier alpha value is -3.52. The van der Waals surface area contributed by atoms with E-state index in [9.17, 15) is 4.39 Å². The maximum Gasteiger partial charge on any atom is 0.163 e. The minimum Gasteiger partial charge on any atom is -0.493 e. The summed E-state index contributed by atoms with van der Waals surface area (Å²) in [5.41, 5.74) is 3.76. The Morgan fingerprint density at radius 1 is 1.09 bits per heavy atom. The second-order valence-corrected chi connectivity index (χ2v) is 13.4. The van der Waals surface area contributed by atoms with Crippen LogP contribution in [0.2, 0.25) is 0 Å². The van der Waals surface area contributed by atoms with E-state index in [2.05, 4.69) is 49.1 Å². The Kier molecular flexibility index (Phi) is 11.9. The molecule has 1 aromatic carbocycles. The Bertz CT molecular complexity index is 1300. The predicted octanol–water partition coefficient (Wildman–Crippen LogP) is 8.25. The quantitative estimate of drug-likeness (QED) is 0.131. The first-order chi connectivity index (χ1) is 20.6. The van der Waals surface area contributed by atoms with Crippen LogP contribution in [-0.4, -0.2) is 61.0 Å². The van der Waals surface area contributed by atoms with Gasteiger partial charge in [0.25, 0.3) is 0 Å². The van der Waals surface area contributed by atoms with E-state index in [4.69, 9.17) is 18.9 Å². The molecule has 0 unspecified atom stereocenters. The van der Waals surface area contributed by atoms with E-state index >= 15 is 0 Å². The van der Waals surface area contributed by atoms with Gasteiger partial charge in [0, 0.05) is 36.6 Å². The van der Waals surface area contributed by atoms with Gasteiger partial charge in [0.2, 0.25) is 0 Å². The van der Waals surface area contributed by atoms with Gasteiger partial charge in [-0.15, -0.1) is 0 Å². The summed E-state index contributed by atoms with van der Waals surface area (Å²) in [7, 11) is 1.49. The van der Waals surface area contributed by atoms with Gasteiger partial charge in [-0.3, -0.25) is 0 Å². The van der Waals surface area contributed by atoms with Gasteiger partial charge in [0.1, 0.15) is 30.1 Å². The van der Waals surface area contributed by atoms with Gasteiger partial charge in [0.15, 0.2) is 11.5 Å². The lowest BCUT2D eigenvalue weighted by Crippen LogP contribution is -2.39. The topological polar surface area (TPSA) is 65.1 Å². The summed E-state index contributed by atoms with van der Waals surface area (Å²) >= 11 is 0. The standard InChI is InChI=1S/C36H52FN3O4/c1-24(2)43-27(5)34(44-35(6,7)8)26(4)33(40-19-16-36(9,10)17-20-40)25(3)28-12-15-32(39-23-28)38-18-21-42-30-14-13-29(37)22-31(30)41-11/h12-15,22-24,34H,3,5,16-21H2,1-2,4,6-11H3,(H,38,39)/b33-26-/t34-/m0/s1. The second kappa shape index (κ2) is 15.0. The van der Waals surface area contributed by atoms with Gasteiger partial charge in [-0.1, -0.05) is 27.0 Å². The minimum absolute atomic E-state index is 0.0174. The molecular formula is C36H52FN3O4. The molecule has 2 aromatic rings. The fraction of sp³-hybridized carbons (Fsp3) is 0.528. The summed E-state index contributed by atoms with van der Waals surface area (Å²) in [4.78, 5) is 7.09. The van der Waals surface area contributed by atoms with Crippen LogP contribution in [-0.2, 0) is 9.47 Å². The molecule has 0 aliphatic carbocycles. The Labute approximate surface area is 264 Å². The third kappa shape index (κ3) is 10.0. The van der Waals surface area contributed by atoms with Crippen LogP contribution in [0.3, 0.4) is 0 Å². The number of benzene rings is 1. The van der Waals surface area contributed by atoms with Crippen LogP contribution >= 0.6 is 0 Å². The Morgan fingerprint density at radius 3 is 2.34 bits per heavy atom. The largest absolute Gasteiger partial charge is 0.493 e. The number of likely N-dealkylation sites (tertiary alicyclic amines) is 1. The lowest BCUT2D eigenvalue weighted by atomic mass is 9.82. The number of nitrogens with one attached hydrogen (secondary N) is 1. The number of allylic oxidation sites excluding steroid dienone is 1. The fourth-order valence-electron chi connectivity index (χ4n) is 5.17. The van der Waals surface area contributed by atoms with Gasteiger partial charge >= 0.3 is 0 Å². The molecule has 3 rings (SSSR count). The smallest absolute Gasteiger partial charge is 0.163 e. The van der Waals surface area contributed by atoms with Crippen molar-refractivity contribution in [1.82, 2.24) is 9.88 Å². The molecule has 1 fully saturated rings. The van der Waals surface area contributed by atoms with Crippen molar-refractivity contribution in [2.45, 2.75) is 86.0 Å². The molecule has 1 saturated heterocycles. The number of halogens is 1. The fourth-order valence-corrected chi connectivity index (χ4v) is 5.17. The van der Waals surface area contributed by atoms with E-state index in [0.717, 1.165) is 48.3 Å². The summed E-state index contributed by atoms with van der Waals surface area (Å²) in [6, 6.07) is 8.18. The average molecular weight is 610 g/mol. The number of hydrogen-bond acceptors (Lipinski definition) is 7. The van der Waals surface area contributed by atoms with Crippen molar-refractivity contribution < 1.29 is 23.3 Å². The Morgan fingerprint density at radius 2 is 1.77 bits per heavy atom. The first kappa shape index (κ1) is 35.0. The molecule has 0 spiro atoms. The molecule has 1 N–H and O–H groups in total. The van der Waals surface area contributed by atoms with Crippen LogP contribution < -0.4 is 14.8 Å². The molecule has 2 heterocycles. The van der Waals surface area contributed by atoms with Gasteiger partial charge in [-0.25, -0.2) is 9.37 Å². The molecule has 1 aliphatic rings. The van der Waals surface area contributed by atoms with E-state index in [0.29, 0.717) is 41.6 Å². The van der Waals surface area contributed by atoms with Crippen molar-refractivity contribution in [3.8, 4) is 11.5 Å². The molecule has 0 saturated carbocycles.